The SMILES string of the molecule is O=C(O)C(=O)c1ccccc1C(=O)C(O)c1ccccc1. The van der Waals surface area contributed by atoms with Gasteiger partial charge in [-0.05, 0) is 5.56 Å². The van der Waals surface area contributed by atoms with Crippen molar-refractivity contribution in [3.63, 3.8) is 0 Å². The average molecular weight is 284 g/mol. The lowest BCUT2D eigenvalue weighted by molar-refractivity contribution is -0.131. The fourth-order valence-corrected chi connectivity index (χ4v) is 1.95. The zero-order valence-electron chi connectivity index (χ0n) is 10.9. The van der Waals surface area contributed by atoms with Crippen molar-refractivity contribution in [2.45, 2.75) is 6.10 Å². The normalized spacial score (nSPS) is 11.7. The highest BCUT2D eigenvalue weighted by Crippen LogP contribution is 2.21. The molecule has 5 heteroatoms. The number of aliphatic hydroxyl groups excluding tert-OH is 1. The van der Waals surface area contributed by atoms with Gasteiger partial charge in [0.2, 0.25) is 0 Å². The summed E-state index contributed by atoms with van der Waals surface area (Å²) in [4.78, 5) is 34.7. The molecule has 0 saturated carbocycles. The highest BCUT2D eigenvalue weighted by molar-refractivity contribution is 6.41. The lowest BCUT2D eigenvalue weighted by Gasteiger charge is -2.12. The van der Waals surface area contributed by atoms with E-state index in [1.54, 1.807) is 30.3 Å². The molecule has 0 heterocycles. The van der Waals surface area contributed by atoms with E-state index in [4.69, 9.17) is 5.11 Å². The third-order valence-corrected chi connectivity index (χ3v) is 3.00. The largest absolute Gasteiger partial charge is 0.475 e. The predicted octanol–water partition coefficient (Wildman–Crippen LogP) is 1.87. The van der Waals surface area contributed by atoms with Crippen LogP contribution in [0.3, 0.4) is 0 Å². The van der Waals surface area contributed by atoms with Crippen molar-refractivity contribution in [3.05, 3.63) is 71.3 Å². The van der Waals surface area contributed by atoms with Gasteiger partial charge in [-0.1, -0.05) is 54.6 Å². The number of aliphatic hydroxyl groups is 1. The third kappa shape index (κ3) is 3.04. The van der Waals surface area contributed by atoms with E-state index in [-0.39, 0.29) is 11.1 Å². The zero-order chi connectivity index (χ0) is 15.4. The first kappa shape index (κ1) is 14.6. The predicted molar refractivity (Wildman–Crippen MR) is 74.1 cm³/mol. The van der Waals surface area contributed by atoms with Crippen LogP contribution in [0.15, 0.2) is 54.6 Å². The van der Waals surface area contributed by atoms with Crippen LogP contribution in [-0.4, -0.2) is 27.7 Å². The van der Waals surface area contributed by atoms with Crippen molar-refractivity contribution in [1.29, 1.82) is 0 Å². The molecule has 0 aliphatic carbocycles. The fraction of sp³-hybridized carbons (Fsp3) is 0.0625. The molecule has 0 bridgehead atoms. The fourth-order valence-electron chi connectivity index (χ4n) is 1.95. The Bertz CT molecular complexity index is 691. The minimum absolute atomic E-state index is 0.110. The number of benzene rings is 2. The smallest absolute Gasteiger partial charge is 0.377 e. The molecule has 0 spiro atoms. The molecular formula is C16H12O5. The van der Waals surface area contributed by atoms with E-state index in [2.05, 4.69) is 0 Å². The first-order chi connectivity index (χ1) is 10.0. The Labute approximate surface area is 120 Å². The molecule has 2 rings (SSSR count). The topological polar surface area (TPSA) is 91.7 Å². The van der Waals surface area contributed by atoms with E-state index in [9.17, 15) is 19.5 Å². The van der Waals surface area contributed by atoms with Gasteiger partial charge in [-0.2, -0.15) is 0 Å². The van der Waals surface area contributed by atoms with Gasteiger partial charge in [0.15, 0.2) is 5.78 Å². The Morgan fingerprint density at radius 1 is 0.810 bits per heavy atom. The Balaban J connectivity index is 2.40. The molecule has 0 radical (unpaired) electrons. The van der Waals surface area contributed by atoms with E-state index in [0.29, 0.717) is 5.56 Å². The number of hydrogen-bond acceptors (Lipinski definition) is 4. The third-order valence-electron chi connectivity index (χ3n) is 3.00. The van der Waals surface area contributed by atoms with Gasteiger partial charge in [0.25, 0.3) is 5.78 Å². The summed E-state index contributed by atoms with van der Waals surface area (Å²) in [5.74, 6) is -3.55. The van der Waals surface area contributed by atoms with Crippen molar-refractivity contribution < 1.29 is 24.6 Å². The van der Waals surface area contributed by atoms with Crippen LogP contribution >= 0.6 is 0 Å². The molecule has 1 atom stereocenters. The minimum Gasteiger partial charge on any atom is -0.475 e. The van der Waals surface area contributed by atoms with Crippen LogP contribution in [0, 0.1) is 0 Å². The van der Waals surface area contributed by atoms with E-state index in [1.807, 2.05) is 0 Å². The van der Waals surface area contributed by atoms with Crippen molar-refractivity contribution in [3.8, 4) is 0 Å². The second kappa shape index (κ2) is 6.11. The number of rotatable bonds is 5. The zero-order valence-corrected chi connectivity index (χ0v) is 10.9. The van der Waals surface area contributed by atoms with Gasteiger partial charge in [-0.3, -0.25) is 9.59 Å². The van der Waals surface area contributed by atoms with Crippen LogP contribution in [0.1, 0.15) is 32.4 Å². The van der Waals surface area contributed by atoms with Crippen molar-refractivity contribution in [1.82, 2.24) is 0 Å². The quantitative estimate of drug-likeness (QED) is 0.646. The molecule has 5 nitrogen and oxygen atoms in total. The van der Waals surface area contributed by atoms with E-state index in [1.165, 1.54) is 24.3 Å². The van der Waals surface area contributed by atoms with E-state index >= 15 is 0 Å². The number of Topliss-reactive ketones (excluding diaryl/α,β-unsaturated/α-hetero) is 2. The van der Waals surface area contributed by atoms with Crippen molar-refractivity contribution in [2.24, 2.45) is 0 Å². The summed E-state index contributed by atoms with van der Waals surface area (Å²) in [5.41, 5.74) is 0.0336. The number of hydrogen-bond donors (Lipinski definition) is 2. The molecule has 0 amide bonds. The lowest BCUT2D eigenvalue weighted by Crippen LogP contribution is -2.20. The molecule has 106 valence electrons. The van der Waals surface area contributed by atoms with E-state index in [0.717, 1.165) is 0 Å². The summed E-state index contributed by atoms with van der Waals surface area (Å²) in [6, 6.07) is 13.8. The monoisotopic (exact) mass is 284 g/mol. The molecule has 21 heavy (non-hydrogen) atoms. The van der Waals surface area contributed by atoms with Crippen LogP contribution in [0.4, 0.5) is 0 Å². The van der Waals surface area contributed by atoms with Crippen LogP contribution in [0.2, 0.25) is 0 Å². The highest BCUT2D eigenvalue weighted by Gasteiger charge is 2.26. The second-order valence-electron chi connectivity index (χ2n) is 4.36. The minimum atomic E-state index is -1.65. The van der Waals surface area contributed by atoms with Crippen LogP contribution in [0.5, 0.6) is 0 Å². The van der Waals surface area contributed by atoms with Gasteiger partial charge >= 0.3 is 5.97 Å². The Morgan fingerprint density at radius 2 is 1.33 bits per heavy atom. The number of carboxylic acid groups (broad SMARTS) is 1. The van der Waals surface area contributed by atoms with Gasteiger partial charge in [0, 0.05) is 11.1 Å². The molecule has 0 aliphatic heterocycles. The van der Waals surface area contributed by atoms with Crippen LogP contribution in [0.25, 0.3) is 0 Å². The first-order valence-corrected chi connectivity index (χ1v) is 6.16. The lowest BCUT2D eigenvalue weighted by atomic mass is 9.94. The summed E-state index contributed by atoms with van der Waals surface area (Å²) < 4.78 is 0. The van der Waals surface area contributed by atoms with Gasteiger partial charge in [0.05, 0.1) is 0 Å². The Kier molecular flexibility index (Phi) is 4.25. The van der Waals surface area contributed by atoms with Gasteiger partial charge < -0.3 is 10.2 Å². The second-order valence-corrected chi connectivity index (χ2v) is 4.36. The van der Waals surface area contributed by atoms with Gasteiger partial charge in [0.1, 0.15) is 6.10 Å². The highest BCUT2D eigenvalue weighted by atomic mass is 16.4. The van der Waals surface area contributed by atoms with E-state index < -0.39 is 23.6 Å². The summed E-state index contributed by atoms with van der Waals surface area (Å²) in [5, 5.41) is 18.9. The van der Waals surface area contributed by atoms with Gasteiger partial charge in [-0.15, -0.1) is 0 Å². The summed E-state index contributed by atoms with van der Waals surface area (Å²) in [6.45, 7) is 0. The number of carbonyl (C=O) groups is 3. The van der Waals surface area contributed by atoms with Crippen LogP contribution in [-0.2, 0) is 4.79 Å². The number of carboxylic acids is 1. The molecular weight excluding hydrogens is 272 g/mol. The van der Waals surface area contributed by atoms with Crippen molar-refractivity contribution in [2.75, 3.05) is 0 Å². The number of ketones is 2. The van der Waals surface area contributed by atoms with Gasteiger partial charge in [-0.25, -0.2) is 4.79 Å². The first-order valence-electron chi connectivity index (χ1n) is 6.16. The number of aliphatic carboxylic acids is 1. The molecule has 0 aromatic heterocycles. The summed E-state index contributed by atoms with van der Waals surface area (Å²) >= 11 is 0. The molecule has 2 N–H and O–H groups in total. The molecule has 2 aromatic rings. The molecule has 0 fully saturated rings. The standard InChI is InChI=1S/C16H12O5/c17-13(10-6-2-1-3-7-10)14(18)11-8-4-5-9-12(11)15(19)16(20)21/h1-9,13,17H,(H,20,21). The van der Waals surface area contributed by atoms with Crippen molar-refractivity contribution >= 4 is 17.5 Å². The Morgan fingerprint density at radius 3 is 1.90 bits per heavy atom. The van der Waals surface area contributed by atoms with Crippen LogP contribution < -0.4 is 0 Å². The molecule has 0 saturated heterocycles. The molecule has 1 unspecified atom stereocenters. The summed E-state index contributed by atoms with van der Waals surface area (Å²) in [6.07, 6.45) is -1.45. The maximum atomic E-state index is 12.3. The molecule has 2 aromatic carbocycles. The maximum absolute atomic E-state index is 12.3. The maximum Gasteiger partial charge on any atom is 0.377 e. The molecule has 0 aliphatic rings. The average Bonchev–Trinajstić information content (AvgIpc) is 2.53. The Hall–Kier alpha value is -2.79. The summed E-state index contributed by atoms with van der Waals surface area (Å²) in [7, 11) is 0. The number of carbonyl (C=O) groups excluding carboxylic acids is 2.